The van der Waals surface area contributed by atoms with Crippen LogP contribution in [0.4, 0.5) is 0 Å². The molecule has 7 heteroatoms. The van der Waals surface area contributed by atoms with Crippen LogP contribution in [0.1, 0.15) is 6.42 Å². The fourth-order valence-corrected chi connectivity index (χ4v) is 0.819. The average molecular weight is 233 g/mol. The van der Waals surface area contributed by atoms with E-state index in [4.69, 9.17) is 4.74 Å². The maximum absolute atomic E-state index is 11.0. The van der Waals surface area contributed by atoms with Crippen LogP contribution >= 0.6 is 0 Å². The zero-order chi connectivity index (χ0) is 12.1. The molecule has 0 aromatic carbocycles. The van der Waals surface area contributed by atoms with Gasteiger partial charge in [0.2, 0.25) is 0 Å². The number of hydrogen-bond acceptors (Lipinski definition) is 7. The van der Waals surface area contributed by atoms with Gasteiger partial charge < -0.3 is 19.5 Å². The third-order valence-corrected chi connectivity index (χ3v) is 1.50. The Kier molecular flexibility index (Phi) is 10.3. The van der Waals surface area contributed by atoms with Crippen LogP contribution < -0.4 is 5.32 Å². The molecule has 0 aromatic heterocycles. The Morgan fingerprint density at radius 3 is 2.38 bits per heavy atom. The number of carbonyl (C=O) groups is 3. The first-order chi connectivity index (χ1) is 7.81. The standard InChI is InChI=1S/C9H15NO6/c11-7-14-4-3-10-2-1-9(13)16-6-5-15-8-12/h7-8,10H,1-6H2. The summed E-state index contributed by atoms with van der Waals surface area (Å²) in [5.41, 5.74) is 0. The molecule has 0 bridgehead atoms. The van der Waals surface area contributed by atoms with Crippen molar-refractivity contribution in [2.45, 2.75) is 6.42 Å². The van der Waals surface area contributed by atoms with Gasteiger partial charge in [-0.3, -0.25) is 14.4 Å². The third-order valence-electron chi connectivity index (χ3n) is 1.50. The van der Waals surface area contributed by atoms with Gasteiger partial charge in [-0.25, -0.2) is 0 Å². The molecule has 7 nitrogen and oxygen atoms in total. The predicted molar refractivity (Wildman–Crippen MR) is 52.5 cm³/mol. The molecule has 0 fully saturated rings. The fraction of sp³-hybridized carbons (Fsp3) is 0.667. The topological polar surface area (TPSA) is 90.9 Å². The third kappa shape index (κ3) is 10.5. The van der Waals surface area contributed by atoms with Crippen LogP contribution in [0.2, 0.25) is 0 Å². The van der Waals surface area contributed by atoms with Gasteiger partial charge in [-0.05, 0) is 0 Å². The number of carbonyl (C=O) groups excluding carboxylic acids is 3. The van der Waals surface area contributed by atoms with E-state index in [1.165, 1.54) is 0 Å². The van der Waals surface area contributed by atoms with Crippen molar-refractivity contribution in [3.8, 4) is 0 Å². The van der Waals surface area contributed by atoms with E-state index >= 15 is 0 Å². The van der Waals surface area contributed by atoms with Crippen molar-refractivity contribution >= 4 is 18.9 Å². The van der Waals surface area contributed by atoms with E-state index < -0.39 is 0 Å². The van der Waals surface area contributed by atoms with Gasteiger partial charge in [-0.15, -0.1) is 0 Å². The van der Waals surface area contributed by atoms with Gasteiger partial charge >= 0.3 is 5.97 Å². The molecule has 0 rings (SSSR count). The fourth-order valence-electron chi connectivity index (χ4n) is 0.819. The molecule has 0 atom stereocenters. The largest absolute Gasteiger partial charge is 0.467 e. The number of ether oxygens (including phenoxy) is 3. The molecule has 0 saturated carbocycles. The minimum Gasteiger partial charge on any atom is -0.467 e. The Hall–Kier alpha value is -1.63. The molecule has 92 valence electrons. The Bertz CT molecular complexity index is 208. The van der Waals surface area contributed by atoms with Gasteiger partial charge in [-0.2, -0.15) is 0 Å². The molecule has 0 saturated heterocycles. The summed E-state index contributed by atoms with van der Waals surface area (Å²) in [7, 11) is 0. The lowest BCUT2D eigenvalue weighted by Crippen LogP contribution is -2.23. The predicted octanol–water partition coefficient (Wildman–Crippen LogP) is -1.14. The van der Waals surface area contributed by atoms with Gasteiger partial charge in [0.15, 0.2) is 0 Å². The summed E-state index contributed by atoms with van der Waals surface area (Å²) in [6.45, 7) is 1.98. The smallest absolute Gasteiger partial charge is 0.307 e. The lowest BCUT2D eigenvalue weighted by atomic mass is 10.4. The molecule has 0 aromatic rings. The van der Waals surface area contributed by atoms with Gasteiger partial charge in [0.05, 0.1) is 6.42 Å². The molecule has 0 radical (unpaired) electrons. The highest BCUT2D eigenvalue weighted by Gasteiger charge is 2.01. The van der Waals surface area contributed by atoms with Gasteiger partial charge in [0.25, 0.3) is 12.9 Å². The first-order valence-corrected chi connectivity index (χ1v) is 4.78. The maximum atomic E-state index is 11.0. The highest BCUT2D eigenvalue weighted by Crippen LogP contribution is 1.85. The zero-order valence-corrected chi connectivity index (χ0v) is 8.85. The van der Waals surface area contributed by atoms with Crippen LogP contribution in [0.25, 0.3) is 0 Å². The van der Waals surface area contributed by atoms with E-state index in [0.717, 1.165) is 0 Å². The molecule has 0 unspecified atom stereocenters. The lowest BCUT2D eigenvalue weighted by molar-refractivity contribution is -0.147. The van der Waals surface area contributed by atoms with Crippen LogP contribution in [-0.4, -0.2) is 51.8 Å². The summed E-state index contributed by atoms with van der Waals surface area (Å²) in [5, 5.41) is 2.88. The Morgan fingerprint density at radius 1 is 1.00 bits per heavy atom. The Labute approximate surface area is 93.0 Å². The normalized spacial score (nSPS) is 9.25. The van der Waals surface area contributed by atoms with Crippen LogP contribution in [0.5, 0.6) is 0 Å². The summed E-state index contributed by atoms with van der Waals surface area (Å²) >= 11 is 0. The molecule has 0 aliphatic rings. The van der Waals surface area contributed by atoms with Crippen LogP contribution in [0.15, 0.2) is 0 Å². The monoisotopic (exact) mass is 233 g/mol. The second kappa shape index (κ2) is 11.4. The molecule has 0 spiro atoms. The highest BCUT2D eigenvalue weighted by atomic mass is 16.6. The number of hydrogen-bond donors (Lipinski definition) is 1. The van der Waals surface area contributed by atoms with E-state index in [0.29, 0.717) is 26.0 Å². The van der Waals surface area contributed by atoms with Crippen LogP contribution in [0.3, 0.4) is 0 Å². The van der Waals surface area contributed by atoms with Crippen molar-refractivity contribution in [2.24, 2.45) is 0 Å². The summed E-state index contributed by atoms with van der Waals surface area (Å²) in [6, 6.07) is 0. The first-order valence-electron chi connectivity index (χ1n) is 4.78. The van der Waals surface area contributed by atoms with Gasteiger partial charge in [0.1, 0.15) is 19.8 Å². The number of rotatable bonds is 11. The molecule has 0 amide bonds. The minimum absolute atomic E-state index is 0.0613. The van der Waals surface area contributed by atoms with Crippen molar-refractivity contribution in [1.82, 2.24) is 5.32 Å². The van der Waals surface area contributed by atoms with E-state index in [1.807, 2.05) is 0 Å². The van der Waals surface area contributed by atoms with Crippen molar-refractivity contribution < 1.29 is 28.6 Å². The average Bonchev–Trinajstić information content (AvgIpc) is 2.29. The van der Waals surface area contributed by atoms with Crippen LogP contribution in [-0.2, 0) is 28.6 Å². The molecular weight excluding hydrogens is 218 g/mol. The highest BCUT2D eigenvalue weighted by molar-refractivity contribution is 5.69. The maximum Gasteiger partial charge on any atom is 0.307 e. The number of nitrogens with one attached hydrogen (secondary N) is 1. The second-order valence-corrected chi connectivity index (χ2v) is 2.65. The molecule has 0 heterocycles. The van der Waals surface area contributed by atoms with Crippen molar-refractivity contribution in [1.29, 1.82) is 0 Å². The van der Waals surface area contributed by atoms with Gasteiger partial charge in [0, 0.05) is 13.1 Å². The molecule has 1 N–H and O–H groups in total. The van der Waals surface area contributed by atoms with E-state index in [1.54, 1.807) is 0 Å². The molecular formula is C9H15NO6. The summed E-state index contributed by atoms with van der Waals surface area (Å²) < 4.78 is 13.5. The summed E-state index contributed by atoms with van der Waals surface area (Å²) in [5.74, 6) is -0.377. The second-order valence-electron chi connectivity index (χ2n) is 2.65. The van der Waals surface area contributed by atoms with E-state index in [-0.39, 0.29) is 32.2 Å². The van der Waals surface area contributed by atoms with Crippen LogP contribution in [0, 0.1) is 0 Å². The van der Waals surface area contributed by atoms with E-state index in [9.17, 15) is 14.4 Å². The van der Waals surface area contributed by atoms with Gasteiger partial charge in [-0.1, -0.05) is 0 Å². The van der Waals surface area contributed by atoms with Crippen molar-refractivity contribution in [3.05, 3.63) is 0 Å². The Morgan fingerprint density at radius 2 is 1.69 bits per heavy atom. The number of esters is 1. The molecule has 0 aliphatic carbocycles. The zero-order valence-electron chi connectivity index (χ0n) is 8.85. The van der Waals surface area contributed by atoms with Crippen molar-refractivity contribution in [3.63, 3.8) is 0 Å². The quantitative estimate of drug-likeness (QED) is 0.208. The minimum atomic E-state index is -0.377. The Balaban J connectivity index is 3.17. The first kappa shape index (κ1) is 14.4. The molecule has 16 heavy (non-hydrogen) atoms. The lowest BCUT2D eigenvalue weighted by Gasteiger charge is -2.05. The summed E-state index contributed by atoms with van der Waals surface area (Å²) in [4.78, 5) is 30.5. The van der Waals surface area contributed by atoms with Crippen molar-refractivity contribution in [2.75, 3.05) is 32.9 Å². The summed E-state index contributed by atoms with van der Waals surface area (Å²) in [6.07, 6.45) is 0.210. The molecule has 0 aliphatic heterocycles. The van der Waals surface area contributed by atoms with E-state index in [2.05, 4.69) is 14.8 Å². The SMILES string of the molecule is O=COCCNCCC(=O)OCCOC=O.